The van der Waals surface area contributed by atoms with Crippen molar-refractivity contribution < 1.29 is 53.4 Å². The first-order valence-electron chi connectivity index (χ1n) is 21.1. The SMILES string of the molecule is CC1(C)C(=CC=C2CCC(C=CC3=[N+](CCCCS(=O)(=O)O)c4ccc(S(=O)(=O)[O-])cc4C3(C)C)=C2c2cccc(CCCC(=O)O)c2)N=C2C1=CC(Cl)=CN2CCCCS(=O)(=O)O.[NaH]. The van der Waals surface area contributed by atoms with Gasteiger partial charge in [-0.05, 0) is 111 Å². The summed E-state index contributed by atoms with van der Waals surface area (Å²) in [5.74, 6) is -0.892. The molecule has 0 spiro atoms. The molecule has 0 fully saturated rings. The van der Waals surface area contributed by atoms with Gasteiger partial charge in [0.25, 0.3) is 20.2 Å². The quantitative estimate of drug-likeness (QED) is 0.0541. The van der Waals surface area contributed by atoms with Crippen LogP contribution in [0.25, 0.3) is 5.57 Å². The molecule has 3 heterocycles. The topological polar surface area (TPSA) is 222 Å². The Kier molecular flexibility index (Phi) is 16.8. The van der Waals surface area contributed by atoms with E-state index in [1.807, 2.05) is 65.8 Å². The van der Waals surface area contributed by atoms with E-state index >= 15 is 0 Å². The Morgan fingerprint density at radius 1 is 0.892 bits per heavy atom. The normalized spacial score (nSPS) is 19.4. The van der Waals surface area contributed by atoms with Gasteiger partial charge < -0.3 is 14.6 Å². The first-order chi connectivity index (χ1) is 29.8. The predicted octanol–water partition coefficient (Wildman–Crippen LogP) is 7.44. The number of allylic oxidation sites excluding steroid dienone is 10. The molecule has 1 aliphatic carbocycles. The van der Waals surface area contributed by atoms with Crippen molar-refractivity contribution in [1.29, 1.82) is 0 Å². The van der Waals surface area contributed by atoms with Gasteiger partial charge in [0.15, 0.2) is 5.71 Å². The molecule has 4 aliphatic rings. The van der Waals surface area contributed by atoms with E-state index in [1.54, 1.807) is 12.3 Å². The molecule has 0 bridgehead atoms. The number of hydrogen-bond acceptors (Lipinski definition) is 10. The van der Waals surface area contributed by atoms with Crippen LogP contribution >= 0.6 is 11.6 Å². The van der Waals surface area contributed by atoms with Crippen LogP contribution in [0.1, 0.15) is 95.8 Å². The molecular weight excluding hydrogens is 925 g/mol. The fraction of sp³-hybridized carbons (Fsp3) is 0.413. The Hall–Kier alpha value is -3.49. The minimum atomic E-state index is -4.76. The number of halogens is 1. The molecular formula is C46H55ClN3NaO11S3. The molecule has 14 nitrogen and oxygen atoms in total. The molecule has 0 saturated heterocycles. The average molecular weight is 981 g/mol. The van der Waals surface area contributed by atoms with Crippen LogP contribution in [0.3, 0.4) is 0 Å². The minimum absolute atomic E-state index is 0. The standard InChI is InChI=1S/C46H54ClN3O11S3.Na.H/c1-45(2)38-28-35(47)30-49(23-5-7-25-62(53,54)55)44(38)48-40(45)21-17-32-15-16-33(43(32)34-13-9-11-31(27-34)12-10-14-42(51)52)18-22-41-46(3,4)37-29-36(64(59,60)61)19-20-39(37)50(41)24-6-8-26-63(56,57)58;;/h9,11,13,17-22,27-30H,5-8,10,12,14-16,23-26H2,1-4H3,(H3-,51,52,53,54,55,56,57,58,59,60,61);;. The number of carbonyl (C=O) groups is 1. The van der Waals surface area contributed by atoms with Gasteiger partial charge in [-0.1, -0.05) is 61.9 Å². The van der Waals surface area contributed by atoms with E-state index in [4.69, 9.17) is 16.6 Å². The van der Waals surface area contributed by atoms with Gasteiger partial charge in [-0.2, -0.15) is 21.4 Å². The third-order valence-electron chi connectivity index (χ3n) is 12.1. The summed E-state index contributed by atoms with van der Waals surface area (Å²) in [6.07, 6.45) is 15.5. The maximum atomic E-state index is 12.1. The van der Waals surface area contributed by atoms with Crippen LogP contribution in [0.2, 0.25) is 0 Å². The molecule has 0 saturated carbocycles. The Labute approximate surface area is 409 Å². The van der Waals surface area contributed by atoms with Crippen LogP contribution in [0.4, 0.5) is 5.69 Å². The number of benzene rings is 2. The number of aliphatic imine (C=N–C) groups is 1. The summed E-state index contributed by atoms with van der Waals surface area (Å²) >= 11 is 6.59. The van der Waals surface area contributed by atoms with E-state index in [9.17, 15) is 48.8 Å². The van der Waals surface area contributed by atoms with Gasteiger partial charge in [-0.25, -0.2) is 13.4 Å². The summed E-state index contributed by atoms with van der Waals surface area (Å²) in [4.78, 5) is 18.0. The molecule has 346 valence electrons. The number of fused-ring (bicyclic) bond motifs is 2. The second-order valence-corrected chi connectivity index (χ2v) is 22.5. The zero-order valence-electron chi connectivity index (χ0n) is 36.2. The average Bonchev–Trinajstić information content (AvgIpc) is 3.78. The van der Waals surface area contributed by atoms with E-state index in [2.05, 4.69) is 26.0 Å². The predicted molar refractivity (Wildman–Crippen MR) is 254 cm³/mol. The molecule has 0 aromatic heterocycles. The molecule has 0 amide bonds. The number of nitrogens with zero attached hydrogens (tertiary/aromatic N) is 3. The monoisotopic (exact) mass is 979 g/mol. The van der Waals surface area contributed by atoms with Crippen molar-refractivity contribution in [2.45, 2.75) is 95.8 Å². The number of carboxylic acid groups (broad SMARTS) is 1. The van der Waals surface area contributed by atoms with Crippen LogP contribution in [-0.4, -0.2) is 125 Å². The summed E-state index contributed by atoms with van der Waals surface area (Å²) in [6.45, 7) is 8.81. The Morgan fingerprint density at radius 3 is 2.25 bits per heavy atom. The third-order valence-corrected chi connectivity index (χ3v) is 14.8. The van der Waals surface area contributed by atoms with Gasteiger partial charge in [0, 0.05) is 54.3 Å². The first kappa shape index (κ1) is 52.5. The summed E-state index contributed by atoms with van der Waals surface area (Å²) in [5, 5.41) is 9.80. The van der Waals surface area contributed by atoms with Crippen molar-refractivity contribution in [3.05, 3.63) is 123 Å². The number of aliphatic carboxylic acids is 1. The van der Waals surface area contributed by atoms with Gasteiger partial charge in [0.1, 0.15) is 22.5 Å². The fourth-order valence-corrected chi connectivity index (χ4v) is 10.6. The van der Waals surface area contributed by atoms with Crippen molar-refractivity contribution in [1.82, 2.24) is 4.90 Å². The number of rotatable bonds is 19. The molecule has 0 unspecified atom stereocenters. The Morgan fingerprint density at radius 2 is 1.58 bits per heavy atom. The first-order valence-corrected chi connectivity index (χ1v) is 26.1. The molecule has 6 rings (SSSR count). The van der Waals surface area contributed by atoms with Gasteiger partial charge in [-0.15, -0.1) is 0 Å². The van der Waals surface area contributed by atoms with E-state index in [1.165, 1.54) is 12.1 Å². The molecule has 3 N–H and O–H groups in total. The Balaban J connectivity index is 0.00000793. The zero-order valence-corrected chi connectivity index (χ0v) is 39.5. The van der Waals surface area contributed by atoms with Gasteiger partial charge in [0.05, 0.1) is 32.5 Å². The van der Waals surface area contributed by atoms with Gasteiger partial charge in [-0.3, -0.25) is 13.9 Å². The zero-order chi connectivity index (χ0) is 46.8. The second kappa shape index (κ2) is 20.8. The van der Waals surface area contributed by atoms with Crippen LogP contribution in [0, 0.1) is 5.41 Å². The fourth-order valence-electron chi connectivity index (χ4n) is 8.78. The summed E-state index contributed by atoms with van der Waals surface area (Å²) in [6, 6.07) is 12.3. The number of amidine groups is 1. The van der Waals surface area contributed by atoms with Gasteiger partial charge in [0.2, 0.25) is 5.69 Å². The second-order valence-electron chi connectivity index (χ2n) is 17.5. The summed E-state index contributed by atoms with van der Waals surface area (Å²) in [7, 11) is -13.0. The number of aryl methyl sites for hydroxylation is 1. The summed E-state index contributed by atoms with van der Waals surface area (Å²) < 4.78 is 103. The van der Waals surface area contributed by atoms with E-state index < -0.39 is 52.9 Å². The van der Waals surface area contributed by atoms with Crippen LogP contribution < -0.4 is 0 Å². The van der Waals surface area contributed by atoms with Gasteiger partial charge >= 0.3 is 35.5 Å². The molecule has 2 aromatic carbocycles. The molecule has 19 heteroatoms. The van der Waals surface area contributed by atoms with Crippen molar-refractivity contribution in [2.24, 2.45) is 10.4 Å². The van der Waals surface area contributed by atoms with Crippen molar-refractivity contribution in [3.63, 3.8) is 0 Å². The number of unbranched alkanes of at least 4 members (excludes halogenated alkanes) is 2. The molecule has 2 aromatic rings. The van der Waals surface area contributed by atoms with Crippen LogP contribution in [-0.2, 0) is 47.0 Å². The summed E-state index contributed by atoms with van der Waals surface area (Å²) in [5.41, 5.74) is 7.49. The number of hydrogen-bond donors (Lipinski definition) is 3. The van der Waals surface area contributed by atoms with Crippen molar-refractivity contribution in [3.8, 4) is 0 Å². The molecule has 65 heavy (non-hydrogen) atoms. The molecule has 3 aliphatic heterocycles. The van der Waals surface area contributed by atoms with Crippen molar-refractivity contribution in [2.75, 3.05) is 24.6 Å². The Bertz CT molecular complexity index is 2840. The van der Waals surface area contributed by atoms with E-state index in [0.717, 1.165) is 44.8 Å². The van der Waals surface area contributed by atoms with Crippen LogP contribution in [0.15, 0.2) is 116 Å². The number of carboxylic acids is 1. The maximum absolute atomic E-state index is 12.1. The van der Waals surface area contributed by atoms with Crippen LogP contribution in [0.5, 0.6) is 0 Å². The van der Waals surface area contributed by atoms with E-state index in [-0.39, 0.29) is 59.5 Å². The van der Waals surface area contributed by atoms with Crippen molar-refractivity contribution >= 4 is 100 Å². The molecule has 0 atom stereocenters. The molecule has 0 radical (unpaired) electrons. The van der Waals surface area contributed by atoms with E-state index in [0.29, 0.717) is 73.7 Å². The third kappa shape index (κ3) is 12.9.